The van der Waals surface area contributed by atoms with Crippen LogP contribution in [0.1, 0.15) is 46.5 Å². The Hall–Kier alpha value is -0.120. The van der Waals surface area contributed by atoms with Crippen molar-refractivity contribution in [3.05, 3.63) is 0 Å². The number of aliphatic hydroxyl groups is 1. The summed E-state index contributed by atoms with van der Waals surface area (Å²) in [5.41, 5.74) is 0.359. The first kappa shape index (κ1) is 16.9. The lowest BCUT2D eigenvalue weighted by molar-refractivity contribution is 0.114. The molecule has 104 valence electrons. The summed E-state index contributed by atoms with van der Waals surface area (Å²) in [6.07, 6.45) is 4.83. The van der Waals surface area contributed by atoms with Gasteiger partial charge in [-0.2, -0.15) is 0 Å². The van der Waals surface area contributed by atoms with Gasteiger partial charge in [-0.15, -0.1) is 0 Å². The molecule has 3 heteroatoms. The van der Waals surface area contributed by atoms with Gasteiger partial charge in [-0.25, -0.2) is 0 Å². The normalized spacial score (nSPS) is 12.4. The summed E-state index contributed by atoms with van der Waals surface area (Å²) < 4.78 is 0. The highest BCUT2D eigenvalue weighted by molar-refractivity contribution is 4.82. The van der Waals surface area contributed by atoms with Crippen LogP contribution in [0.3, 0.4) is 0 Å². The number of hydrogen-bond donors (Lipinski definition) is 2. The van der Waals surface area contributed by atoms with E-state index in [4.69, 9.17) is 5.11 Å². The molecule has 0 aromatic heterocycles. The molecule has 0 aliphatic carbocycles. The minimum absolute atomic E-state index is 0.271. The average molecular weight is 244 g/mol. The Morgan fingerprint density at radius 3 is 2.18 bits per heavy atom. The predicted molar refractivity (Wildman–Crippen MR) is 75.4 cm³/mol. The number of aliphatic hydroxyl groups excluding tert-OH is 1. The maximum atomic E-state index is 9.15. The molecule has 0 fully saturated rings. The Labute approximate surface area is 108 Å². The topological polar surface area (TPSA) is 35.5 Å². The lowest BCUT2D eigenvalue weighted by atomic mass is 9.81. The summed E-state index contributed by atoms with van der Waals surface area (Å²) in [4.78, 5) is 2.42. The Bertz CT molecular complexity index is 170. The lowest BCUT2D eigenvalue weighted by Gasteiger charge is -2.37. The van der Waals surface area contributed by atoms with Gasteiger partial charge in [0.2, 0.25) is 0 Å². The molecule has 3 nitrogen and oxygen atoms in total. The van der Waals surface area contributed by atoms with Crippen LogP contribution in [-0.2, 0) is 0 Å². The highest BCUT2D eigenvalue weighted by atomic mass is 16.3. The summed E-state index contributed by atoms with van der Waals surface area (Å²) in [7, 11) is 2.03. The molecule has 17 heavy (non-hydrogen) atoms. The molecular formula is C14H32N2O. The van der Waals surface area contributed by atoms with Crippen molar-refractivity contribution in [3.8, 4) is 0 Å². The minimum Gasteiger partial charge on any atom is -0.395 e. The van der Waals surface area contributed by atoms with Crippen LogP contribution in [0.2, 0.25) is 0 Å². The maximum absolute atomic E-state index is 9.15. The molecule has 0 radical (unpaired) electrons. The van der Waals surface area contributed by atoms with Crippen molar-refractivity contribution in [1.29, 1.82) is 0 Å². The zero-order valence-corrected chi connectivity index (χ0v) is 12.3. The van der Waals surface area contributed by atoms with Crippen LogP contribution in [0, 0.1) is 5.41 Å². The lowest BCUT2D eigenvalue weighted by Crippen LogP contribution is -2.44. The average Bonchev–Trinajstić information content (AvgIpc) is 2.35. The molecule has 2 N–H and O–H groups in total. The van der Waals surface area contributed by atoms with Gasteiger partial charge in [-0.05, 0) is 38.3 Å². The molecule has 0 aromatic carbocycles. The number of hydrogen-bond acceptors (Lipinski definition) is 3. The first-order valence-electron chi connectivity index (χ1n) is 7.15. The number of nitrogens with zero attached hydrogens (tertiary/aromatic N) is 1. The van der Waals surface area contributed by atoms with Crippen molar-refractivity contribution < 1.29 is 5.11 Å². The summed E-state index contributed by atoms with van der Waals surface area (Å²) >= 11 is 0. The van der Waals surface area contributed by atoms with Crippen LogP contribution in [0.15, 0.2) is 0 Å². The molecule has 0 unspecified atom stereocenters. The minimum atomic E-state index is 0.271. The van der Waals surface area contributed by atoms with E-state index in [9.17, 15) is 0 Å². The molecule has 0 amide bonds. The van der Waals surface area contributed by atoms with Gasteiger partial charge < -0.3 is 15.3 Å². The third-order valence-corrected chi connectivity index (χ3v) is 3.85. The fraction of sp³-hybridized carbons (Fsp3) is 1.00. The first-order chi connectivity index (χ1) is 8.17. The van der Waals surface area contributed by atoms with Gasteiger partial charge in [0.1, 0.15) is 0 Å². The van der Waals surface area contributed by atoms with Crippen molar-refractivity contribution in [2.24, 2.45) is 5.41 Å². The van der Waals surface area contributed by atoms with E-state index in [2.05, 4.69) is 31.0 Å². The van der Waals surface area contributed by atoms with Crippen LogP contribution in [-0.4, -0.2) is 49.8 Å². The molecule has 0 aliphatic heterocycles. The van der Waals surface area contributed by atoms with E-state index in [1.165, 1.54) is 25.7 Å². The largest absolute Gasteiger partial charge is 0.395 e. The van der Waals surface area contributed by atoms with Crippen LogP contribution in [0.5, 0.6) is 0 Å². The maximum Gasteiger partial charge on any atom is 0.0558 e. The molecule has 0 aromatic rings. The fourth-order valence-corrected chi connectivity index (χ4v) is 2.42. The zero-order valence-electron chi connectivity index (χ0n) is 12.3. The summed E-state index contributed by atoms with van der Waals surface area (Å²) in [5, 5.41) is 12.5. The number of unbranched alkanes of at least 4 members (excludes halogenated alkanes) is 1. The zero-order chi connectivity index (χ0) is 13.1. The predicted octanol–water partition coefficient (Wildman–Crippen LogP) is 2.11. The summed E-state index contributed by atoms with van der Waals surface area (Å²) in [5.74, 6) is 0. The highest BCUT2D eigenvalue weighted by Crippen LogP contribution is 2.26. The van der Waals surface area contributed by atoms with Gasteiger partial charge >= 0.3 is 0 Å². The number of rotatable bonds is 11. The third-order valence-electron chi connectivity index (χ3n) is 3.85. The van der Waals surface area contributed by atoms with Crippen LogP contribution in [0.25, 0.3) is 0 Å². The van der Waals surface area contributed by atoms with Gasteiger partial charge in [0.05, 0.1) is 6.61 Å². The van der Waals surface area contributed by atoms with E-state index in [1.807, 2.05) is 7.05 Å². The van der Waals surface area contributed by atoms with Crippen molar-refractivity contribution >= 4 is 0 Å². The van der Waals surface area contributed by atoms with E-state index >= 15 is 0 Å². The van der Waals surface area contributed by atoms with E-state index in [1.54, 1.807) is 0 Å². The van der Waals surface area contributed by atoms with Gasteiger partial charge in [0, 0.05) is 19.6 Å². The van der Waals surface area contributed by atoms with Gasteiger partial charge in [0.25, 0.3) is 0 Å². The first-order valence-corrected chi connectivity index (χ1v) is 7.15. The van der Waals surface area contributed by atoms with Crippen LogP contribution in [0.4, 0.5) is 0 Å². The van der Waals surface area contributed by atoms with Crippen molar-refractivity contribution in [2.45, 2.75) is 46.5 Å². The van der Waals surface area contributed by atoms with Crippen molar-refractivity contribution in [2.75, 3.05) is 39.8 Å². The Balaban J connectivity index is 4.42. The molecule has 0 aliphatic rings. The van der Waals surface area contributed by atoms with Crippen molar-refractivity contribution in [1.82, 2.24) is 10.2 Å². The quantitative estimate of drug-likeness (QED) is 0.584. The van der Waals surface area contributed by atoms with Crippen molar-refractivity contribution in [3.63, 3.8) is 0 Å². The smallest absolute Gasteiger partial charge is 0.0558 e. The Kier molecular flexibility index (Phi) is 9.79. The van der Waals surface area contributed by atoms with E-state index < -0.39 is 0 Å². The van der Waals surface area contributed by atoms with Gasteiger partial charge in [-0.3, -0.25) is 0 Å². The molecule has 0 spiro atoms. The molecule has 0 rings (SSSR count). The van der Waals surface area contributed by atoms with E-state index in [0.29, 0.717) is 5.41 Å². The third kappa shape index (κ3) is 6.39. The van der Waals surface area contributed by atoms with Crippen LogP contribution >= 0.6 is 0 Å². The Morgan fingerprint density at radius 2 is 1.76 bits per heavy atom. The second kappa shape index (κ2) is 9.86. The summed E-state index contributed by atoms with van der Waals surface area (Å²) in [6.45, 7) is 11.1. The molecule has 0 saturated heterocycles. The van der Waals surface area contributed by atoms with Gasteiger partial charge in [-0.1, -0.05) is 27.2 Å². The highest BCUT2D eigenvalue weighted by Gasteiger charge is 2.27. The fourth-order valence-electron chi connectivity index (χ4n) is 2.42. The van der Waals surface area contributed by atoms with Gasteiger partial charge in [0.15, 0.2) is 0 Å². The van der Waals surface area contributed by atoms with Crippen LogP contribution < -0.4 is 5.32 Å². The molecule has 0 saturated carbocycles. The van der Waals surface area contributed by atoms with E-state index in [0.717, 1.165) is 26.2 Å². The van der Waals surface area contributed by atoms with E-state index in [-0.39, 0.29) is 6.61 Å². The monoisotopic (exact) mass is 244 g/mol. The standard InChI is InChI=1S/C14H32N2O/c1-5-8-9-16(10-11-17)13-14(6-2,7-3)12-15-4/h15,17H,5-13H2,1-4H3. The molecule has 0 heterocycles. The second-order valence-corrected chi connectivity index (χ2v) is 5.09. The second-order valence-electron chi connectivity index (χ2n) is 5.09. The molecule has 0 bridgehead atoms. The Morgan fingerprint density at radius 1 is 1.12 bits per heavy atom. The number of nitrogens with one attached hydrogen (secondary N) is 1. The summed E-state index contributed by atoms with van der Waals surface area (Å²) in [6, 6.07) is 0. The molecule has 0 atom stereocenters. The SMILES string of the molecule is CCCCN(CCO)CC(CC)(CC)CNC. The molecular weight excluding hydrogens is 212 g/mol.